The minimum absolute atomic E-state index is 0.138. The minimum atomic E-state index is -0.509. The van der Waals surface area contributed by atoms with E-state index in [4.69, 9.17) is 14.9 Å². The molecule has 0 saturated carbocycles. The maximum absolute atomic E-state index is 10.6. The van der Waals surface area contributed by atoms with Crippen LogP contribution in [0.15, 0.2) is 28.7 Å². The third kappa shape index (κ3) is 3.54. The average molecular weight is 261 g/mol. The molecule has 0 aliphatic heterocycles. The van der Waals surface area contributed by atoms with Gasteiger partial charge in [0.05, 0.1) is 0 Å². The molecule has 0 unspecified atom stereocenters. The van der Waals surface area contributed by atoms with Crippen molar-refractivity contribution in [2.45, 2.75) is 19.8 Å². The Labute approximate surface area is 110 Å². The number of nitrogens with two attached hydrogens (primary N) is 1. The highest BCUT2D eigenvalue weighted by atomic mass is 16.5. The Morgan fingerprint density at radius 2 is 2.05 bits per heavy atom. The number of rotatable bonds is 6. The lowest BCUT2D eigenvalue weighted by atomic mass is 10.2. The summed E-state index contributed by atoms with van der Waals surface area (Å²) in [6, 6.07) is 7.03. The second-order valence-corrected chi connectivity index (χ2v) is 4.03. The number of benzene rings is 1. The lowest BCUT2D eigenvalue weighted by Crippen LogP contribution is -2.19. The van der Waals surface area contributed by atoms with E-state index in [9.17, 15) is 4.79 Å². The lowest BCUT2D eigenvalue weighted by Gasteiger charge is -2.03. The van der Waals surface area contributed by atoms with E-state index in [0.717, 1.165) is 18.4 Å². The van der Waals surface area contributed by atoms with Gasteiger partial charge in [0.25, 0.3) is 5.91 Å². The summed E-state index contributed by atoms with van der Waals surface area (Å²) in [7, 11) is 0. The number of hydrogen-bond acceptors (Lipinski definition) is 5. The number of aromatic nitrogens is 2. The number of primary amides is 1. The van der Waals surface area contributed by atoms with Crippen molar-refractivity contribution in [3.63, 3.8) is 0 Å². The fraction of sp³-hybridized carbons (Fsp3) is 0.308. The lowest BCUT2D eigenvalue weighted by molar-refractivity contribution is -0.119. The molecule has 100 valence electrons. The highest BCUT2D eigenvalue weighted by Crippen LogP contribution is 2.21. The first-order valence-electron chi connectivity index (χ1n) is 6.03. The molecule has 2 N–H and O–H groups in total. The minimum Gasteiger partial charge on any atom is -0.484 e. The summed E-state index contributed by atoms with van der Waals surface area (Å²) in [5.41, 5.74) is 5.80. The highest BCUT2D eigenvalue weighted by Gasteiger charge is 2.08. The largest absolute Gasteiger partial charge is 0.484 e. The van der Waals surface area contributed by atoms with Crippen LogP contribution in [0.25, 0.3) is 11.5 Å². The number of hydrogen-bond donors (Lipinski definition) is 1. The van der Waals surface area contributed by atoms with Crippen molar-refractivity contribution < 1.29 is 13.9 Å². The Bertz CT molecular complexity index is 549. The van der Waals surface area contributed by atoms with Crippen LogP contribution in [0.4, 0.5) is 0 Å². The van der Waals surface area contributed by atoms with Crippen LogP contribution in [0.3, 0.4) is 0 Å². The molecule has 0 atom stereocenters. The molecule has 2 rings (SSSR count). The summed E-state index contributed by atoms with van der Waals surface area (Å²) < 4.78 is 10.7. The van der Waals surface area contributed by atoms with Crippen LogP contribution in [0.1, 0.15) is 19.2 Å². The summed E-state index contributed by atoms with van der Waals surface area (Å²) in [4.78, 5) is 10.6. The van der Waals surface area contributed by atoms with Crippen molar-refractivity contribution in [1.29, 1.82) is 0 Å². The van der Waals surface area contributed by atoms with Crippen LogP contribution in [-0.4, -0.2) is 22.7 Å². The van der Waals surface area contributed by atoms with Crippen molar-refractivity contribution in [1.82, 2.24) is 10.2 Å². The van der Waals surface area contributed by atoms with Gasteiger partial charge in [0.2, 0.25) is 11.8 Å². The number of carbonyl (C=O) groups excluding carboxylic acids is 1. The predicted octanol–water partition coefficient (Wildman–Crippen LogP) is 1.55. The zero-order valence-electron chi connectivity index (χ0n) is 10.6. The molecule has 0 aliphatic carbocycles. The highest BCUT2D eigenvalue weighted by molar-refractivity contribution is 5.75. The molecule has 0 radical (unpaired) electrons. The van der Waals surface area contributed by atoms with Gasteiger partial charge in [-0.1, -0.05) is 6.92 Å². The first kappa shape index (κ1) is 13.1. The van der Waals surface area contributed by atoms with Gasteiger partial charge in [-0.2, -0.15) is 0 Å². The standard InChI is InChI=1S/C13H15N3O3/c1-2-3-12-15-16-13(19-12)9-4-6-10(7-5-9)18-8-11(14)17/h4-7H,2-3,8H2,1H3,(H2,14,17). The molecular weight excluding hydrogens is 246 g/mol. The molecule has 0 spiro atoms. The first-order valence-corrected chi connectivity index (χ1v) is 6.03. The smallest absolute Gasteiger partial charge is 0.255 e. The molecule has 0 aliphatic rings. The van der Waals surface area contributed by atoms with E-state index in [1.807, 2.05) is 0 Å². The molecule has 1 aromatic heterocycles. The second-order valence-electron chi connectivity index (χ2n) is 4.03. The Hall–Kier alpha value is -2.37. The van der Waals surface area contributed by atoms with E-state index in [2.05, 4.69) is 17.1 Å². The van der Waals surface area contributed by atoms with Gasteiger partial charge >= 0.3 is 0 Å². The SMILES string of the molecule is CCCc1nnc(-c2ccc(OCC(N)=O)cc2)o1. The van der Waals surface area contributed by atoms with Gasteiger partial charge in [0.15, 0.2) is 6.61 Å². The molecule has 1 aromatic carbocycles. The van der Waals surface area contributed by atoms with Crippen LogP contribution in [-0.2, 0) is 11.2 Å². The zero-order chi connectivity index (χ0) is 13.7. The van der Waals surface area contributed by atoms with Gasteiger partial charge in [0.1, 0.15) is 5.75 Å². The molecule has 1 amide bonds. The monoisotopic (exact) mass is 261 g/mol. The van der Waals surface area contributed by atoms with Crippen LogP contribution >= 0.6 is 0 Å². The van der Waals surface area contributed by atoms with E-state index in [1.54, 1.807) is 24.3 Å². The number of amides is 1. The summed E-state index contributed by atoms with van der Waals surface area (Å²) in [6.07, 6.45) is 1.73. The Morgan fingerprint density at radius 3 is 2.68 bits per heavy atom. The second kappa shape index (κ2) is 5.99. The van der Waals surface area contributed by atoms with Crippen LogP contribution < -0.4 is 10.5 Å². The fourth-order valence-corrected chi connectivity index (χ4v) is 1.53. The molecular formula is C13H15N3O3. The number of carbonyl (C=O) groups is 1. The van der Waals surface area contributed by atoms with Gasteiger partial charge in [-0.15, -0.1) is 10.2 Å². The molecule has 19 heavy (non-hydrogen) atoms. The van der Waals surface area contributed by atoms with E-state index in [-0.39, 0.29) is 6.61 Å². The normalized spacial score (nSPS) is 10.4. The van der Waals surface area contributed by atoms with Crippen LogP contribution in [0, 0.1) is 0 Å². The molecule has 1 heterocycles. The Kier molecular flexibility index (Phi) is 4.12. The van der Waals surface area contributed by atoms with E-state index >= 15 is 0 Å². The van der Waals surface area contributed by atoms with Crippen molar-refractivity contribution in [2.24, 2.45) is 5.73 Å². The molecule has 2 aromatic rings. The summed E-state index contributed by atoms with van der Waals surface area (Å²) in [5, 5.41) is 7.93. The average Bonchev–Trinajstić information content (AvgIpc) is 2.86. The Balaban J connectivity index is 2.06. The van der Waals surface area contributed by atoms with Crippen LogP contribution in [0.2, 0.25) is 0 Å². The van der Waals surface area contributed by atoms with E-state index < -0.39 is 5.91 Å². The fourth-order valence-electron chi connectivity index (χ4n) is 1.53. The van der Waals surface area contributed by atoms with Crippen molar-refractivity contribution in [3.8, 4) is 17.2 Å². The Morgan fingerprint density at radius 1 is 1.32 bits per heavy atom. The third-order valence-electron chi connectivity index (χ3n) is 2.41. The summed E-state index contributed by atoms with van der Waals surface area (Å²) >= 11 is 0. The zero-order valence-corrected chi connectivity index (χ0v) is 10.6. The van der Waals surface area contributed by atoms with Crippen LogP contribution in [0.5, 0.6) is 5.75 Å². The third-order valence-corrected chi connectivity index (χ3v) is 2.41. The predicted molar refractivity (Wildman–Crippen MR) is 68.4 cm³/mol. The van der Waals surface area contributed by atoms with Crippen molar-refractivity contribution in [2.75, 3.05) is 6.61 Å². The first-order chi connectivity index (χ1) is 9.19. The van der Waals surface area contributed by atoms with Gasteiger partial charge in [-0.3, -0.25) is 4.79 Å². The number of ether oxygens (including phenoxy) is 1. The van der Waals surface area contributed by atoms with E-state index in [0.29, 0.717) is 17.5 Å². The summed E-state index contributed by atoms with van der Waals surface area (Å²) in [5.74, 6) is 1.16. The molecule has 6 nitrogen and oxygen atoms in total. The quantitative estimate of drug-likeness (QED) is 0.851. The number of nitrogens with zero attached hydrogens (tertiary/aromatic N) is 2. The van der Waals surface area contributed by atoms with Crippen molar-refractivity contribution in [3.05, 3.63) is 30.2 Å². The van der Waals surface area contributed by atoms with E-state index in [1.165, 1.54) is 0 Å². The van der Waals surface area contributed by atoms with Gasteiger partial charge in [0, 0.05) is 12.0 Å². The van der Waals surface area contributed by atoms with Crippen molar-refractivity contribution >= 4 is 5.91 Å². The molecule has 0 saturated heterocycles. The molecule has 0 fully saturated rings. The topological polar surface area (TPSA) is 91.2 Å². The summed E-state index contributed by atoms with van der Waals surface area (Å²) in [6.45, 7) is 1.91. The molecule has 0 bridgehead atoms. The van der Waals surface area contributed by atoms with Gasteiger partial charge in [-0.25, -0.2) is 0 Å². The van der Waals surface area contributed by atoms with Gasteiger partial charge < -0.3 is 14.9 Å². The van der Waals surface area contributed by atoms with Gasteiger partial charge in [-0.05, 0) is 30.7 Å². The maximum Gasteiger partial charge on any atom is 0.255 e. The maximum atomic E-state index is 10.6. The molecule has 6 heteroatoms. The number of aryl methyl sites for hydroxylation is 1.